The number of carbonyl (C=O) groups excluding carboxylic acids is 2. The summed E-state index contributed by atoms with van der Waals surface area (Å²) in [5, 5.41) is 3.40. The average Bonchev–Trinajstić information content (AvgIpc) is 2.77. The summed E-state index contributed by atoms with van der Waals surface area (Å²) in [6.45, 7) is 2.79. The topological polar surface area (TPSA) is 86.8 Å². The lowest BCUT2D eigenvalue weighted by molar-refractivity contribution is -0.149. The zero-order chi connectivity index (χ0) is 23.4. The van der Waals surface area contributed by atoms with Crippen LogP contribution >= 0.6 is 11.6 Å². The number of hydrogen-bond donors (Lipinski definition) is 1. The van der Waals surface area contributed by atoms with Gasteiger partial charge in [-0.25, -0.2) is 8.42 Å². The van der Waals surface area contributed by atoms with Gasteiger partial charge in [0.1, 0.15) is 6.04 Å². The number of hydrogen-bond acceptors (Lipinski definition) is 4. The smallest absolute Gasteiger partial charge is 0.244 e. The van der Waals surface area contributed by atoms with Crippen LogP contribution in [0.4, 0.5) is 0 Å². The fraction of sp³-hybridized carbons (Fsp3) is 0.667. The minimum atomic E-state index is -3.66. The van der Waals surface area contributed by atoms with E-state index in [-0.39, 0.29) is 35.2 Å². The number of halogens is 1. The summed E-state index contributed by atoms with van der Waals surface area (Å²) >= 11 is 5.96. The van der Waals surface area contributed by atoms with Gasteiger partial charge in [-0.1, -0.05) is 17.7 Å². The molecule has 5 fully saturated rings. The molecule has 1 aromatic rings. The molecule has 1 atom stereocenters. The Balaban J connectivity index is 1.18. The minimum Gasteiger partial charge on any atom is -0.344 e. The van der Waals surface area contributed by atoms with Gasteiger partial charge in [-0.2, -0.15) is 4.31 Å². The largest absolute Gasteiger partial charge is 0.344 e. The van der Waals surface area contributed by atoms with E-state index >= 15 is 0 Å². The highest BCUT2D eigenvalue weighted by Crippen LogP contribution is 2.60. The van der Waals surface area contributed by atoms with E-state index in [9.17, 15) is 18.0 Å². The second kappa shape index (κ2) is 8.54. The Morgan fingerprint density at radius 1 is 1.03 bits per heavy atom. The Bertz CT molecular complexity index is 1020. The molecule has 1 saturated heterocycles. The number of carbonyl (C=O) groups is 2. The van der Waals surface area contributed by atoms with Crippen molar-refractivity contribution >= 4 is 33.4 Å². The second-order valence-corrected chi connectivity index (χ2v) is 13.0. The van der Waals surface area contributed by atoms with Gasteiger partial charge >= 0.3 is 0 Å². The van der Waals surface area contributed by atoms with E-state index in [1.807, 2.05) is 0 Å². The SMILES string of the molecule is C[C@@H](NC(=O)C12CC3CC(CC(C3)C1)C2)C(=O)N1CCN(S(=O)(=O)c2cccc(Cl)c2)CC1. The van der Waals surface area contributed by atoms with Gasteiger partial charge in [-0.15, -0.1) is 0 Å². The molecule has 2 amide bonds. The molecule has 4 saturated carbocycles. The Hall–Kier alpha value is -1.64. The van der Waals surface area contributed by atoms with Gasteiger partial charge in [0.2, 0.25) is 21.8 Å². The van der Waals surface area contributed by atoms with Crippen molar-refractivity contribution < 1.29 is 18.0 Å². The van der Waals surface area contributed by atoms with Crippen LogP contribution in [0.5, 0.6) is 0 Å². The van der Waals surface area contributed by atoms with Crippen molar-refractivity contribution in [2.45, 2.75) is 56.4 Å². The zero-order valence-electron chi connectivity index (χ0n) is 19.0. The molecule has 5 aliphatic rings. The van der Waals surface area contributed by atoms with Crippen LogP contribution in [0.15, 0.2) is 29.2 Å². The first-order chi connectivity index (χ1) is 15.7. The van der Waals surface area contributed by atoms with Gasteiger partial charge in [0.25, 0.3) is 0 Å². The molecular weight excluding hydrogens is 462 g/mol. The lowest BCUT2D eigenvalue weighted by Crippen LogP contribution is -2.58. The van der Waals surface area contributed by atoms with Crippen LogP contribution in [0.2, 0.25) is 5.02 Å². The highest BCUT2D eigenvalue weighted by molar-refractivity contribution is 7.89. The van der Waals surface area contributed by atoms with Crippen molar-refractivity contribution in [3.63, 3.8) is 0 Å². The lowest BCUT2D eigenvalue weighted by Gasteiger charge is -2.55. The molecular formula is C24H32ClN3O4S. The number of benzene rings is 1. The minimum absolute atomic E-state index is 0.0459. The molecule has 4 bridgehead atoms. The van der Waals surface area contributed by atoms with Gasteiger partial charge in [-0.3, -0.25) is 9.59 Å². The first-order valence-corrected chi connectivity index (χ1v) is 13.8. The van der Waals surface area contributed by atoms with Gasteiger partial charge in [0, 0.05) is 36.6 Å². The molecule has 1 heterocycles. The third-order valence-corrected chi connectivity index (χ3v) is 10.4. The maximum atomic E-state index is 13.3. The van der Waals surface area contributed by atoms with Crippen LogP contribution in [0, 0.1) is 23.2 Å². The molecule has 33 heavy (non-hydrogen) atoms. The number of amides is 2. The monoisotopic (exact) mass is 493 g/mol. The molecule has 180 valence electrons. The van der Waals surface area contributed by atoms with E-state index in [4.69, 9.17) is 11.6 Å². The standard InChI is InChI=1S/C24H32ClN3O4S/c1-16(26-23(30)24-13-17-9-18(14-24)11-19(10-17)15-24)22(29)27-5-7-28(8-6-27)33(31,32)21-4-2-3-20(25)12-21/h2-4,12,16-19H,5-11,13-15H2,1H3,(H,26,30)/t16-,17?,18?,19?,24?/m1/s1. The van der Waals surface area contributed by atoms with E-state index in [1.54, 1.807) is 24.0 Å². The normalized spacial score (nSPS) is 32.5. The molecule has 7 nitrogen and oxygen atoms in total. The quantitative estimate of drug-likeness (QED) is 0.683. The fourth-order valence-corrected chi connectivity index (χ4v) is 8.72. The fourth-order valence-electron chi connectivity index (χ4n) is 7.00. The van der Waals surface area contributed by atoms with E-state index in [2.05, 4.69) is 5.32 Å². The van der Waals surface area contributed by atoms with Crippen molar-refractivity contribution in [2.24, 2.45) is 23.2 Å². The van der Waals surface area contributed by atoms with Crippen LogP contribution in [0.1, 0.15) is 45.4 Å². The highest BCUT2D eigenvalue weighted by Gasteiger charge is 2.54. The van der Waals surface area contributed by atoms with Crippen LogP contribution in [0.3, 0.4) is 0 Å². The van der Waals surface area contributed by atoms with E-state index < -0.39 is 16.1 Å². The molecule has 0 radical (unpaired) electrons. The van der Waals surface area contributed by atoms with Crippen LogP contribution in [-0.4, -0.2) is 61.7 Å². The molecule has 1 aliphatic heterocycles. The number of piperazine rings is 1. The predicted octanol–water partition coefficient (Wildman–Crippen LogP) is 2.89. The summed E-state index contributed by atoms with van der Waals surface area (Å²) in [6, 6.07) is 5.61. The van der Waals surface area contributed by atoms with Crippen LogP contribution < -0.4 is 5.32 Å². The Kier molecular flexibility index (Phi) is 5.98. The summed E-state index contributed by atoms with van der Waals surface area (Å²) in [7, 11) is -3.66. The van der Waals surface area contributed by atoms with Crippen LogP contribution in [-0.2, 0) is 19.6 Å². The maximum Gasteiger partial charge on any atom is 0.244 e. The predicted molar refractivity (Wildman–Crippen MR) is 125 cm³/mol. The molecule has 1 N–H and O–H groups in total. The van der Waals surface area contributed by atoms with Gasteiger partial charge in [0.05, 0.1) is 4.90 Å². The van der Waals surface area contributed by atoms with Crippen molar-refractivity contribution in [1.29, 1.82) is 0 Å². The van der Waals surface area contributed by atoms with Crippen molar-refractivity contribution in [1.82, 2.24) is 14.5 Å². The number of nitrogens with one attached hydrogen (secondary N) is 1. The molecule has 6 rings (SSSR count). The Labute approximate surface area is 200 Å². The number of rotatable bonds is 5. The van der Waals surface area contributed by atoms with E-state index in [1.165, 1.54) is 35.7 Å². The Morgan fingerprint density at radius 2 is 1.61 bits per heavy atom. The van der Waals surface area contributed by atoms with Gasteiger partial charge in [-0.05, 0) is 81.4 Å². The molecule has 1 aromatic carbocycles. The van der Waals surface area contributed by atoms with E-state index in [0.717, 1.165) is 19.3 Å². The third-order valence-electron chi connectivity index (χ3n) is 8.22. The Morgan fingerprint density at radius 3 is 2.15 bits per heavy atom. The summed E-state index contributed by atoms with van der Waals surface area (Å²) < 4.78 is 27.2. The molecule has 0 spiro atoms. The first kappa shape index (κ1) is 23.1. The van der Waals surface area contributed by atoms with Gasteiger partial charge < -0.3 is 10.2 Å². The molecule has 0 aromatic heterocycles. The summed E-state index contributed by atoms with van der Waals surface area (Å²) in [5.74, 6) is 1.91. The van der Waals surface area contributed by atoms with Crippen LogP contribution in [0.25, 0.3) is 0 Å². The summed E-state index contributed by atoms with van der Waals surface area (Å²) in [5.41, 5.74) is -0.285. The second-order valence-electron chi connectivity index (χ2n) is 10.6. The average molecular weight is 494 g/mol. The lowest BCUT2D eigenvalue weighted by atomic mass is 9.49. The summed E-state index contributed by atoms with van der Waals surface area (Å²) in [6.07, 6.45) is 6.69. The molecule has 0 unspecified atom stereocenters. The van der Waals surface area contributed by atoms with E-state index in [0.29, 0.717) is 35.9 Å². The van der Waals surface area contributed by atoms with Gasteiger partial charge in [0.15, 0.2) is 0 Å². The summed E-state index contributed by atoms with van der Waals surface area (Å²) in [4.78, 5) is 28.2. The number of nitrogens with zero attached hydrogens (tertiary/aromatic N) is 2. The highest BCUT2D eigenvalue weighted by atomic mass is 35.5. The maximum absolute atomic E-state index is 13.3. The first-order valence-electron chi connectivity index (χ1n) is 12.0. The molecule has 4 aliphatic carbocycles. The number of sulfonamides is 1. The third kappa shape index (κ3) is 4.30. The van der Waals surface area contributed by atoms with Crippen molar-refractivity contribution in [2.75, 3.05) is 26.2 Å². The zero-order valence-corrected chi connectivity index (χ0v) is 20.6. The molecule has 9 heteroatoms. The van der Waals surface area contributed by atoms with Crippen molar-refractivity contribution in [3.05, 3.63) is 29.3 Å². The van der Waals surface area contributed by atoms with Crippen molar-refractivity contribution in [3.8, 4) is 0 Å².